The smallest absolute Gasteiger partial charge is 0.330 e. The largest absolute Gasteiger partial charge is 0.462 e. The fraction of sp³-hybridized carbons (Fsp3) is 0.683. The Balaban J connectivity index is 1.28. The van der Waals surface area contributed by atoms with Gasteiger partial charge < -0.3 is 9.47 Å². The molecule has 0 aliphatic heterocycles. The monoisotopic (exact) mass is 628 g/mol. The van der Waals surface area contributed by atoms with Crippen molar-refractivity contribution in [3.05, 3.63) is 59.7 Å². The second-order valence-corrected chi connectivity index (χ2v) is 17.7. The molecule has 46 heavy (non-hydrogen) atoms. The van der Waals surface area contributed by atoms with Gasteiger partial charge >= 0.3 is 11.9 Å². The summed E-state index contributed by atoms with van der Waals surface area (Å²) in [6.45, 7) is 18.4. The van der Waals surface area contributed by atoms with E-state index in [-0.39, 0.29) is 63.1 Å². The fourth-order valence-corrected chi connectivity index (χ4v) is 11.8. The van der Waals surface area contributed by atoms with Crippen molar-refractivity contribution in [2.75, 3.05) is 0 Å². The highest BCUT2D eigenvalue weighted by Gasteiger charge is 2.70. The number of fused-ring (bicyclic) bond motifs is 7. The third-order valence-corrected chi connectivity index (χ3v) is 14.7. The molecule has 5 heteroatoms. The molecule has 0 saturated heterocycles. The van der Waals surface area contributed by atoms with Crippen LogP contribution >= 0.6 is 0 Å². The van der Waals surface area contributed by atoms with Gasteiger partial charge in [0, 0.05) is 24.3 Å². The minimum Gasteiger partial charge on any atom is -0.462 e. The summed E-state index contributed by atoms with van der Waals surface area (Å²) in [5.41, 5.74) is 1.86. The standard InChI is InChI=1S/C41H56O5/c1-27(42)46-33-15-18-39(6)32(36(33,2)3)14-19-41(8)35(39)31(43)24-29-30-25-37(4,20-21-38(30,5)22-23-40(29,41)7)17-16-34(44)45-26-28-12-10-9-11-13-28/h9-13,16-17,24,30,32-33,35H,14-15,18-23,25-26H2,1-8H3/b17-16+/t30-,32-,33-,35+,37-,38+,39-,40+,41+/m0/s1. The van der Waals surface area contributed by atoms with Crippen molar-refractivity contribution in [3.8, 4) is 0 Å². The molecule has 0 heterocycles. The van der Waals surface area contributed by atoms with E-state index in [4.69, 9.17) is 9.47 Å². The maximum atomic E-state index is 14.7. The van der Waals surface area contributed by atoms with Crippen LogP contribution in [0.3, 0.4) is 0 Å². The number of hydrogen-bond donors (Lipinski definition) is 0. The van der Waals surface area contributed by atoms with E-state index in [9.17, 15) is 14.4 Å². The Morgan fingerprint density at radius 1 is 0.891 bits per heavy atom. The molecular formula is C41H56O5. The van der Waals surface area contributed by atoms with Crippen molar-refractivity contribution < 1.29 is 23.9 Å². The first-order valence-corrected chi connectivity index (χ1v) is 17.8. The Morgan fingerprint density at radius 3 is 2.28 bits per heavy atom. The topological polar surface area (TPSA) is 69.7 Å². The van der Waals surface area contributed by atoms with Gasteiger partial charge in [0.05, 0.1) is 0 Å². The predicted octanol–water partition coefficient (Wildman–Crippen LogP) is 9.20. The SMILES string of the molecule is CC(=O)O[C@H]1CC[C@]2(C)[C@H]3C(=O)C=C4[C@@H]5C[C@@](C)(/C=C/C(=O)OCc6ccccc6)CC[C@]5(C)CC[C@@]4(C)[C@]3(C)CC[C@H]2C1(C)C. The van der Waals surface area contributed by atoms with Crippen molar-refractivity contribution in [1.29, 1.82) is 0 Å². The Labute approximate surface area is 277 Å². The lowest BCUT2D eigenvalue weighted by Crippen LogP contribution is -2.66. The molecule has 1 aromatic carbocycles. The summed E-state index contributed by atoms with van der Waals surface area (Å²) in [5.74, 6) is 0.394. The van der Waals surface area contributed by atoms with E-state index < -0.39 is 0 Å². The van der Waals surface area contributed by atoms with Crippen LogP contribution in [0.5, 0.6) is 0 Å². The predicted molar refractivity (Wildman–Crippen MR) is 180 cm³/mol. The molecule has 0 N–H and O–H groups in total. The molecule has 0 spiro atoms. The van der Waals surface area contributed by atoms with Crippen LogP contribution in [0.2, 0.25) is 0 Å². The number of ether oxygens (including phenoxy) is 2. The van der Waals surface area contributed by atoms with Crippen LogP contribution in [0.25, 0.3) is 0 Å². The van der Waals surface area contributed by atoms with Gasteiger partial charge in [0.25, 0.3) is 0 Å². The van der Waals surface area contributed by atoms with Gasteiger partial charge in [0.2, 0.25) is 0 Å². The molecule has 9 atom stereocenters. The highest BCUT2D eigenvalue weighted by Crippen LogP contribution is 2.75. The number of hydrogen-bond acceptors (Lipinski definition) is 5. The Kier molecular flexibility index (Phi) is 8.08. The molecule has 0 amide bonds. The average Bonchev–Trinajstić information content (AvgIpc) is 2.99. The zero-order chi connectivity index (χ0) is 33.3. The maximum Gasteiger partial charge on any atom is 0.330 e. The lowest BCUT2D eigenvalue weighted by Gasteiger charge is -2.70. The molecule has 5 aliphatic rings. The molecule has 5 nitrogen and oxygen atoms in total. The summed E-state index contributed by atoms with van der Waals surface area (Å²) >= 11 is 0. The first kappa shape index (κ1) is 33.2. The minimum atomic E-state index is -0.300. The number of esters is 2. The first-order valence-electron chi connectivity index (χ1n) is 17.8. The molecule has 0 radical (unpaired) electrons. The van der Waals surface area contributed by atoms with Crippen molar-refractivity contribution in [1.82, 2.24) is 0 Å². The van der Waals surface area contributed by atoms with Crippen LogP contribution in [-0.2, 0) is 30.5 Å². The van der Waals surface area contributed by atoms with E-state index in [2.05, 4.69) is 60.6 Å². The van der Waals surface area contributed by atoms with E-state index in [0.717, 1.165) is 56.9 Å². The van der Waals surface area contributed by atoms with Gasteiger partial charge in [-0.05, 0) is 108 Å². The third-order valence-electron chi connectivity index (χ3n) is 14.7. The lowest BCUT2D eigenvalue weighted by atomic mass is 9.33. The number of carbonyl (C=O) groups excluding carboxylic acids is 3. The quantitative estimate of drug-likeness (QED) is 0.240. The lowest BCUT2D eigenvalue weighted by molar-refractivity contribution is -0.210. The number of rotatable bonds is 5. The number of ketones is 1. The highest BCUT2D eigenvalue weighted by atomic mass is 16.5. The van der Waals surface area contributed by atoms with Crippen molar-refractivity contribution in [2.45, 2.75) is 126 Å². The fourth-order valence-electron chi connectivity index (χ4n) is 11.8. The normalized spacial score (nSPS) is 43.0. The molecule has 1 aromatic rings. The summed E-state index contributed by atoms with van der Waals surface area (Å²) in [6.07, 6.45) is 14.9. The van der Waals surface area contributed by atoms with Gasteiger partial charge in [-0.15, -0.1) is 0 Å². The van der Waals surface area contributed by atoms with Crippen LogP contribution in [0.15, 0.2) is 54.1 Å². The van der Waals surface area contributed by atoms with Crippen LogP contribution in [-0.4, -0.2) is 23.8 Å². The van der Waals surface area contributed by atoms with Crippen molar-refractivity contribution in [2.24, 2.45) is 50.2 Å². The number of carbonyl (C=O) groups is 3. The Hall–Kier alpha value is -2.69. The molecule has 4 fully saturated rings. The number of benzene rings is 1. The van der Waals surface area contributed by atoms with Crippen LogP contribution < -0.4 is 0 Å². The van der Waals surface area contributed by atoms with Crippen LogP contribution in [0.1, 0.15) is 119 Å². The van der Waals surface area contributed by atoms with E-state index in [0.29, 0.717) is 17.6 Å². The number of allylic oxidation sites excluding steroid dienone is 3. The second kappa shape index (κ2) is 11.2. The van der Waals surface area contributed by atoms with Crippen molar-refractivity contribution in [3.63, 3.8) is 0 Å². The second-order valence-electron chi connectivity index (χ2n) is 17.7. The molecular weight excluding hydrogens is 572 g/mol. The average molecular weight is 629 g/mol. The zero-order valence-corrected chi connectivity index (χ0v) is 29.5. The van der Waals surface area contributed by atoms with Gasteiger partial charge in [-0.1, -0.05) is 90.4 Å². The zero-order valence-electron chi connectivity index (χ0n) is 29.5. The molecule has 250 valence electrons. The molecule has 5 aliphatic carbocycles. The summed E-state index contributed by atoms with van der Waals surface area (Å²) in [5, 5.41) is 0. The van der Waals surface area contributed by atoms with Gasteiger partial charge in [-0.25, -0.2) is 4.79 Å². The van der Waals surface area contributed by atoms with Gasteiger partial charge in [0.1, 0.15) is 12.7 Å². The summed E-state index contributed by atoms with van der Waals surface area (Å²) in [4.78, 5) is 39.4. The molecule has 4 saturated carbocycles. The van der Waals surface area contributed by atoms with Gasteiger partial charge in [-0.3, -0.25) is 9.59 Å². The van der Waals surface area contributed by atoms with Gasteiger partial charge in [0.15, 0.2) is 5.78 Å². The Morgan fingerprint density at radius 2 is 1.59 bits per heavy atom. The van der Waals surface area contributed by atoms with Crippen LogP contribution in [0, 0.1) is 50.2 Å². The first-order chi connectivity index (χ1) is 21.5. The van der Waals surface area contributed by atoms with E-state index >= 15 is 0 Å². The van der Waals surface area contributed by atoms with Crippen molar-refractivity contribution >= 4 is 17.7 Å². The van der Waals surface area contributed by atoms with Crippen LogP contribution in [0.4, 0.5) is 0 Å². The van der Waals surface area contributed by atoms with Gasteiger partial charge in [-0.2, -0.15) is 0 Å². The van der Waals surface area contributed by atoms with E-state index in [1.165, 1.54) is 18.9 Å². The summed E-state index contributed by atoms with van der Waals surface area (Å²) in [6, 6.07) is 9.79. The minimum absolute atomic E-state index is 0.0383. The Bertz CT molecular complexity index is 1460. The molecule has 6 rings (SSSR count). The highest BCUT2D eigenvalue weighted by molar-refractivity contribution is 5.95. The van der Waals surface area contributed by atoms with E-state index in [1.807, 2.05) is 30.3 Å². The molecule has 0 aromatic heterocycles. The third kappa shape index (κ3) is 5.14. The summed E-state index contributed by atoms with van der Waals surface area (Å²) in [7, 11) is 0. The molecule has 0 bridgehead atoms. The summed E-state index contributed by atoms with van der Waals surface area (Å²) < 4.78 is 11.4. The van der Waals surface area contributed by atoms with E-state index in [1.54, 1.807) is 6.08 Å². The molecule has 0 unspecified atom stereocenters. The maximum absolute atomic E-state index is 14.7.